The molecule has 5 nitrogen and oxygen atoms in total. The lowest BCUT2D eigenvalue weighted by Gasteiger charge is -2.20. The number of rotatable bonds is 7. The van der Waals surface area contributed by atoms with Crippen LogP contribution >= 0.6 is 0 Å². The van der Waals surface area contributed by atoms with Crippen molar-refractivity contribution in [3.63, 3.8) is 0 Å². The van der Waals surface area contributed by atoms with E-state index in [1.165, 1.54) is 0 Å². The number of para-hydroxylation sites is 1. The van der Waals surface area contributed by atoms with E-state index in [9.17, 15) is 4.79 Å². The largest absolute Gasteiger partial charge is 0.365 e. The maximum Gasteiger partial charge on any atom is 0.276 e. The van der Waals surface area contributed by atoms with Crippen molar-refractivity contribution in [1.29, 1.82) is 0 Å². The van der Waals surface area contributed by atoms with Gasteiger partial charge < -0.3 is 10.6 Å². The van der Waals surface area contributed by atoms with E-state index in [-0.39, 0.29) is 11.6 Å². The van der Waals surface area contributed by atoms with Gasteiger partial charge in [0.05, 0.1) is 0 Å². The molecule has 0 spiro atoms. The average molecular weight is 338 g/mol. The highest BCUT2D eigenvalue weighted by Gasteiger charge is 2.17. The number of hydrogen-bond acceptors (Lipinski definition) is 4. The van der Waals surface area contributed by atoms with Gasteiger partial charge >= 0.3 is 0 Å². The smallest absolute Gasteiger partial charge is 0.276 e. The van der Waals surface area contributed by atoms with Gasteiger partial charge in [0.1, 0.15) is 5.82 Å². The summed E-state index contributed by atoms with van der Waals surface area (Å²) in [4.78, 5) is 12.6. The molecular weight excluding hydrogens is 312 g/mol. The topological polar surface area (TPSA) is 66.9 Å². The third kappa shape index (κ3) is 4.66. The molecule has 0 aliphatic carbocycles. The summed E-state index contributed by atoms with van der Waals surface area (Å²) in [6.07, 6.45) is 1.73. The lowest BCUT2D eigenvalue weighted by Crippen LogP contribution is -2.18. The number of nitrogens with one attached hydrogen (secondary N) is 2. The van der Waals surface area contributed by atoms with E-state index in [2.05, 4.69) is 67.2 Å². The van der Waals surface area contributed by atoms with Crippen LogP contribution in [0.5, 0.6) is 0 Å². The summed E-state index contributed by atoms with van der Waals surface area (Å²) in [5.41, 5.74) is 3.42. The molecule has 2 aromatic rings. The standard InChI is InChI=1S/C20H26N4O/c1-6-12-21-18-11-10-17(23-24-18)20(25)22-19-15(13(2)3)8-7-9-16(19)14(4)5/h6-11,13-14H,1,12H2,2-5H3,(H,21,24)(H,22,25). The number of nitrogens with zero attached hydrogens (tertiary/aromatic N) is 2. The molecule has 5 heteroatoms. The molecule has 0 radical (unpaired) electrons. The summed E-state index contributed by atoms with van der Waals surface area (Å²) in [7, 11) is 0. The summed E-state index contributed by atoms with van der Waals surface area (Å²) in [5.74, 6) is 0.982. The summed E-state index contributed by atoms with van der Waals surface area (Å²) in [5, 5.41) is 14.1. The van der Waals surface area contributed by atoms with Crippen LogP contribution in [0.4, 0.5) is 11.5 Å². The van der Waals surface area contributed by atoms with E-state index in [0.717, 1.165) is 16.8 Å². The minimum Gasteiger partial charge on any atom is -0.365 e. The fraction of sp³-hybridized carbons (Fsp3) is 0.350. The summed E-state index contributed by atoms with van der Waals surface area (Å²) in [6.45, 7) is 12.7. The van der Waals surface area contributed by atoms with Crippen LogP contribution in [0.3, 0.4) is 0 Å². The first kappa shape index (κ1) is 18.6. The minimum absolute atomic E-state index is 0.252. The van der Waals surface area contributed by atoms with Crippen LogP contribution < -0.4 is 10.6 Å². The first-order chi connectivity index (χ1) is 11.9. The molecule has 1 heterocycles. The molecule has 2 rings (SSSR count). The van der Waals surface area contributed by atoms with Gasteiger partial charge in [-0.3, -0.25) is 4.79 Å². The molecule has 25 heavy (non-hydrogen) atoms. The molecule has 0 atom stereocenters. The molecule has 0 bridgehead atoms. The van der Waals surface area contributed by atoms with Gasteiger partial charge in [-0.1, -0.05) is 52.0 Å². The highest BCUT2D eigenvalue weighted by Crippen LogP contribution is 2.32. The number of aromatic nitrogens is 2. The quantitative estimate of drug-likeness (QED) is 0.726. The first-order valence-corrected chi connectivity index (χ1v) is 8.56. The second-order valence-corrected chi connectivity index (χ2v) is 6.55. The second kappa shape index (κ2) is 8.42. The molecule has 1 amide bonds. The summed E-state index contributed by atoms with van der Waals surface area (Å²) in [6, 6.07) is 9.56. The highest BCUT2D eigenvalue weighted by atomic mass is 16.1. The zero-order valence-electron chi connectivity index (χ0n) is 15.3. The maximum atomic E-state index is 12.6. The van der Waals surface area contributed by atoms with Gasteiger partial charge in [0.2, 0.25) is 0 Å². The van der Waals surface area contributed by atoms with Crippen molar-refractivity contribution in [2.24, 2.45) is 0 Å². The summed E-state index contributed by atoms with van der Waals surface area (Å²) < 4.78 is 0. The van der Waals surface area contributed by atoms with Gasteiger partial charge in [-0.2, -0.15) is 0 Å². The van der Waals surface area contributed by atoms with Crippen LogP contribution in [0.15, 0.2) is 43.0 Å². The van der Waals surface area contributed by atoms with Gasteiger partial charge in [-0.25, -0.2) is 0 Å². The second-order valence-electron chi connectivity index (χ2n) is 6.55. The Morgan fingerprint density at radius 3 is 2.20 bits per heavy atom. The summed E-state index contributed by atoms with van der Waals surface area (Å²) >= 11 is 0. The van der Waals surface area contributed by atoms with Crippen LogP contribution in [-0.2, 0) is 0 Å². The van der Waals surface area contributed by atoms with Crippen molar-refractivity contribution in [2.45, 2.75) is 39.5 Å². The van der Waals surface area contributed by atoms with Crippen molar-refractivity contribution < 1.29 is 4.79 Å². The molecular formula is C20H26N4O. The molecule has 132 valence electrons. The highest BCUT2D eigenvalue weighted by molar-refractivity contribution is 6.03. The van der Waals surface area contributed by atoms with Crippen molar-refractivity contribution >= 4 is 17.4 Å². The monoisotopic (exact) mass is 338 g/mol. The molecule has 0 saturated carbocycles. The van der Waals surface area contributed by atoms with E-state index >= 15 is 0 Å². The predicted molar refractivity (Wildman–Crippen MR) is 103 cm³/mol. The third-order valence-corrected chi connectivity index (χ3v) is 3.94. The molecule has 0 aliphatic rings. The number of carbonyl (C=O) groups excluding carboxylic acids is 1. The van der Waals surface area contributed by atoms with Gasteiger partial charge in [0.25, 0.3) is 5.91 Å². The maximum absolute atomic E-state index is 12.6. The van der Waals surface area contributed by atoms with Crippen LogP contribution in [0.2, 0.25) is 0 Å². The van der Waals surface area contributed by atoms with Gasteiger partial charge in [-0.05, 0) is 35.1 Å². The SMILES string of the molecule is C=CCNc1ccc(C(=O)Nc2c(C(C)C)cccc2C(C)C)nn1. The number of benzene rings is 1. The Hall–Kier alpha value is -2.69. The normalized spacial score (nSPS) is 10.8. The Balaban J connectivity index is 2.26. The molecule has 0 saturated heterocycles. The molecule has 0 unspecified atom stereocenters. The minimum atomic E-state index is -0.252. The van der Waals surface area contributed by atoms with E-state index in [0.29, 0.717) is 24.2 Å². The third-order valence-electron chi connectivity index (χ3n) is 3.94. The Morgan fingerprint density at radius 1 is 1.08 bits per heavy atom. The van der Waals surface area contributed by atoms with Crippen LogP contribution in [0, 0.1) is 0 Å². The Kier molecular flexibility index (Phi) is 6.28. The molecule has 1 aromatic carbocycles. The molecule has 1 aromatic heterocycles. The van der Waals surface area contributed by atoms with E-state index in [1.807, 2.05) is 6.07 Å². The van der Waals surface area contributed by atoms with Gasteiger partial charge in [-0.15, -0.1) is 16.8 Å². The lowest BCUT2D eigenvalue weighted by atomic mass is 9.92. The van der Waals surface area contributed by atoms with Crippen molar-refractivity contribution in [1.82, 2.24) is 10.2 Å². The lowest BCUT2D eigenvalue weighted by molar-refractivity contribution is 0.102. The van der Waals surface area contributed by atoms with E-state index in [1.54, 1.807) is 18.2 Å². The number of hydrogen-bond donors (Lipinski definition) is 2. The number of carbonyl (C=O) groups is 1. The van der Waals surface area contributed by atoms with Crippen molar-refractivity contribution in [3.05, 3.63) is 59.8 Å². The Labute approximate surface area is 149 Å². The number of anilines is 2. The zero-order valence-corrected chi connectivity index (χ0v) is 15.3. The Bertz CT molecular complexity index is 710. The zero-order chi connectivity index (χ0) is 18.4. The van der Waals surface area contributed by atoms with E-state index in [4.69, 9.17) is 0 Å². The predicted octanol–water partition coefficient (Wildman–Crippen LogP) is 4.57. The van der Waals surface area contributed by atoms with Crippen LogP contribution in [-0.4, -0.2) is 22.6 Å². The molecule has 2 N–H and O–H groups in total. The van der Waals surface area contributed by atoms with Crippen LogP contribution in [0.25, 0.3) is 0 Å². The fourth-order valence-electron chi connectivity index (χ4n) is 2.60. The number of amides is 1. The Morgan fingerprint density at radius 2 is 1.72 bits per heavy atom. The van der Waals surface area contributed by atoms with Gasteiger partial charge in [0, 0.05) is 12.2 Å². The first-order valence-electron chi connectivity index (χ1n) is 8.56. The van der Waals surface area contributed by atoms with Crippen molar-refractivity contribution in [3.8, 4) is 0 Å². The molecule has 0 fully saturated rings. The van der Waals surface area contributed by atoms with E-state index < -0.39 is 0 Å². The van der Waals surface area contributed by atoms with Crippen molar-refractivity contribution in [2.75, 3.05) is 17.2 Å². The van der Waals surface area contributed by atoms with Gasteiger partial charge in [0.15, 0.2) is 5.69 Å². The average Bonchev–Trinajstić information content (AvgIpc) is 2.60. The molecule has 0 aliphatic heterocycles. The van der Waals surface area contributed by atoms with Crippen LogP contribution in [0.1, 0.15) is 61.1 Å². The fourth-order valence-corrected chi connectivity index (χ4v) is 2.60.